The largest absolute Gasteiger partial charge is 0.338 e. The lowest BCUT2D eigenvalue weighted by Crippen LogP contribution is -2.31. The fourth-order valence-corrected chi connectivity index (χ4v) is 2.71. The molecule has 0 unspecified atom stereocenters. The SMILES string of the molecule is CC(=O)N(CCC(=O)Nc1cccc(C)c1C)Cc1ccccc1Cl. The number of benzene rings is 2. The van der Waals surface area contributed by atoms with Crippen LogP contribution in [0.5, 0.6) is 0 Å². The molecule has 1 N–H and O–H groups in total. The minimum atomic E-state index is -0.112. The Morgan fingerprint density at radius 2 is 1.80 bits per heavy atom. The van der Waals surface area contributed by atoms with Gasteiger partial charge in [-0.3, -0.25) is 9.59 Å². The molecule has 2 rings (SSSR count). The Labute approximate surface area is 153 Å². The van der Waals surface area contributed by atoms with Crippen molar-refractivity contribution in [2.75, 3.05) is 11.9 Å². The molecule has 0 saturated heterocycles. The molecule has 0 aliphatic rings. The van der Waals surface area contributed by atoms with Gasteiger partial charge in [-0.05, 0) is 42.7 Å². The number of hydrogen-bond acceptors (Lipinski definition) is 2. The van der Waals surface area contributed by atoms with Crippen molar-refractivity contribution in [3.05, 3.63) is 64.2 Å². The first-order valence-corrected chi connectivity index (χ1v) is 8.61. The molecule has 0 atom stereocenters. The minimum absolute atomic E-state index is 0.0838. The van der Waals surface area contributed by atoms with Gasteiger partial charge in [-0.25, -0.2) is 0 Å². The summed E-state index contributed by atoms with van der Waals surface area (Å²) in [6, 6.07) is 13.2. The molecule has 0 radical (unpaired) electrons. The van der Waals surface area contributed by atoms with Crippen LogP contribution < -0.4 is 5.32 Å². The second-order valence-corrected chi connectivity index (χ2v) is 6.48. The molecule has 0 heterocycles. The van der Waals surface area contributed by atoms with Crippen molar-refractivity contribution in [3.63, 3.8) is 0 Å². The van der Waals surface area contributed by atoms with Crippen LogP contribution in [0.25, 0.3) is 0 Å². The van der Waals surface area contributed by atoms with Crippen molar-refractivity contribution in [2.24, 2.45) is 0 Å². The van der Waals surface area contributed by atoms with Gasteiger partial charge in [-0.2, -0.15) is 0 Å². The van der Waals surface area contributed by atoms with Crippen molar-refractivity contribution in [2.45, 2.75) is 33.7 Å². The van der Waals surface area contributed by atoms with E-state index in [0.29, 0.717) is 18.1 Å². The molecule has 0 aromatic heterocycles. The van der Waals surface area contributed by atoms with E-state index in [9.17, 15) is 9.59 Å². The number of halogens is 1. The highest BCUT2D eigenvalue weighted by molar-refractivity contribution is 6.31. The van der Waals surface area contributed by atoms with E-state index in [4.69, 9.17) is 11.6 Å². The highest BCUT2D eigenvalue weighted by atomic mass is 35.5. The van der Waals surface area contributed by atoms with Crippen molar-refractivity contribution in [1.29, 1.82) is 0 Å². The lowest BCUT2D eigenvalue weighted by atomic mass is 10.1. The van der Waals surface area contributed by atoms with Gasteiger partial charge in [0.05, 0.1) is 0 Å². The van der Waals surface area contributed by atoms with E-state index in [1.54, 1.807) is 11.0 Å². The Morgan fingerprint density at radius 3 is 2.48 bits per heavy atom. The maximum absolute atomic E-state index is 12.2. The topological polar surface area (TPSA) is 49.4 Å². The zero-order valence-electron chi connectivity index (χ0n) is 14.8. The molecule has 2 aromatic carbocycles. The molecule has 0 aliphatic heterocycles. The molecule has 2 amide bonds. The van der Waals surface area contributed by atoms with Crippen molar-refractivity contribution >= 4 is 29.1 Å². The van der Waals surface area contributed by atoms with E-state index in [0.717, 1.165) is 22.4 Å². The van der Waals surface area contributed by atoms with Gasteiger partial charge in [0.25, 0.3) is 0 Å². The quantitative estimate of drug-likeness (QED) is 0.835. The Kier molecular flexibility index (Phi) is 6.59. The van der Waals surface area contributed by atoms with Crippen LogP contribution >= 0.6 is 11.6 Å². The highest BCUT2D eigenvalue weighted by Crippen LogP contribution is 2.19. The second-order valence-electron chi connectivity index (χ2n) is 6.08. The summed E-state index contributed by atoms with van der Waals surface area (Å²) in [6.07, 6.45) is 0.234. The number of anilines is 1. The molecule has 0 bridgehead atoms. The van der Waals surface area contributed by atoms with Crippen LogP contribution in [-0.4, -0.2) is 23.3 Å². The monoisotopic (exact) mass is 358 g/mol. The molecule has 4 nitrogen and oxygen atoms in total. The number of nitrogens with zero attached hydrogens (tertiary/aromatic N) is 1. The van der Waals surface area contributed by atoms with E-state index >= 15 is 0 Å². The molecule has 25 heavy (non-hydrogen) atoms. The third-order valence-corrected chi connectivity index (χ3v) is 4.62. The summed E-state index contributed by atoms with van der Waals surface area (Å²) in [5.41, 5.74) is 3.86. The zero-order valence-corrected chi connectivity index (χ0v) is 15.6. The predicted molar refractivity (Wildman–Crippen MR) is 102 cm³/mol. The number of carbonyl (C=O) groups is 2. The summed E-state index contributed by atoms with van der Waals surface area (Å²) in [4.78, 5) is 25.8. The summed E-state index contributed by atoms with van der Waals surface area (Å²) in [6.45, 7) is 6.22. The predicted octanol–water partition coefficient (Wildman–Crippen LogP) is 4.33. The first-order valence-electron chi connectivity index (χ1n) is 8.23. The van der Waals surface area contributed by atoms with Crippen LogP contribution in [0.4, 0.5) is 5.69 Å². The summed E-state index contributed by atoms with van der Waals surface area (Å²) in [5, 5.41) is 3.54. The van der Waals surface area contributed by atoms with Crippen molar-refractivity contribution in [1.82, 2.24) is 4.90 Å². The van der Waals surface area contributed by atoms with E-state index in [2.05, 4.69) is 5.32 Å². The Balaban J connectivity index is 1.96. The second kappa shape index (κ2) is 8.67. The molecule has 0 fully saturated rings. The number of nitrogens with one attached hydrogen (secondary N) is 1. The summed E-state index contributed by atoms with van der Waals surface area (Å²) >= 11 is 6.16. The van der Waals surface area contributed by atoms with Gasteiger partial charge in [0.15, 0.2) is 0 Å². The fraction of sp³-hybridized carbons (Fsp3) is 0.300. The molecule has 132 valence electrons. The van der Waals surface area contributed by atoms with Gasteiger partial charge in [0.1, 0.15) is 0 Å². The first-order chi connectivity index (χ1) is 11.9. The zero-order chi connectivity index (χ0) is 18.4. The van der Waals surface area contributed by atoms with Crippen LogP contribution in [0, 0.1) is 13.8 Å². The number of carbonyl (C=O) groups excluding carboxylic acids is 2. The molecule has 0 spiro atoms. The third-order valence-electron chi connectivity index (χ3n) is 4.25. The maximum atomic E-state index is 12.2. The standard InChI is InChI=1S/C20H23ClN2O2/c1-14-7-6-10-19(15(14)2)22-20(25)11-12-23(16(3)24)13-17-8-4-5-9-18(17)21/h4-10H,11-13H2,1-3H3,(H,22,25). The molecule has 0 saturated carbocycles. The van der Waals surface area contributed by atoms with E-state index in [1.807, 2.05) is 50.2 Å². The molecule has 2 aromatic rings. The van der Waals surface area contributed by atoms with Gasteiger partial charge < -0.3 is 10.2 Å². The van der Waals surface area contributed by atoms with E-state index < -0.39 is 0 Å². The fourth-order valence-electron chi connectivity index (χ4n) is 2.52. The average Bonchev–Trinajstić information content (AvgIpc) is 2.57. The lowest BCUT2D eigenvalue weighted by molar-refractivity contribution is -0.129. The summed E-state index contributed by atoms with van der Waals surface area (Å²) in [7, 11) is 0. The molecular weight excluding hydrogens is 336 g/mol. The molecule has 5 heteroatoms. The number of rotatable bonds is 6. The first kappa shape index (κ1) is 19.0. The summed E-state index contributed by atoms with van der Waals surface area (Å²) in [5.74, 6) is -0.196. The van der Waals surface area contributed by atoms with Gasteiger partial charge in [0, 0.05) is 37.1 Å². The van der Waals surface area contributed by atoms with Crippen molar-refractivity contribution < 1.29 is 9.59 Å². The Hall–Kier alpha value is -2.33. The number of aryl methyl sites for hydroxylation is 1. The summed E-state index contributed by atoms with van der Waals surface area (Å²) < 4.78 is 0. The van der Waals surface area contributed by atoms with Gasteiger partial charge in [-0.15, -0.1) is 0 Å². The van der Waals surface area contributed by atoms with E-state index in [1.165, 1.54) is 6.92 Å². The van der Waals surface area contributed by atoms with Crippen LogP contribution in [0.1, 0.15) is 30.0 Å². The van der Waals surface area contributed by atoms with Crippen LogP contribution in [0.3, 0.4) is 0 Å². The van der Waals surface area contributed by atoms with E-state index in [-0.39, 0.29) is 18.2 Å². The van der Waals surface area contributed by atoms with Crippen LogP contribution in [0.15, 0.2) is 42.5 Å². The number of amides is 2. The van der Waals surface area contributed by atoms with Gasteiger partial charge in [-0.1, -0.05) is 41.9 Å². The van der Waals surface area contributed by atoms with Crippen LogP contribution in [-0.2, 0) is 16.1 Å². The lowest BCUT2D eigenvalue weighted by Gasteiger charge is -2.21. The maximum Gasteiger partial charge on any atom is 0.226 e. The van der Waals surface area contributed by atoms with Gasteiger partial charge in [0.2, 0.25) is 11.8 Å². The van der Waals surface area contributed by atoms with Gasteiger partial charge >= 0.3 is 0 Å². The normalized spacial score (nSPS) is 10.4. The highest BCUT2D eigenvalue weighted by Gasteiger charge is 2.14. The Morgan fingerprint density at radius 1 is 1.08 bits per heavy atom. The molecule has 0 aliphatic carbocycles. The number of hydrogen-bond donors (Lipinski definition) is 1. The Bertz CT molecular complexity index is 774. The third kappa shape index (κ3) is 5.33. The van der Waals surface area contributed by atoms with Crippen molar-refractivity contribution in [3.8, 4) is 0 Å². The average molecular weight is 359 g/mol. The van der Waals surface area contributed by atoms with Crippen LogP contribution in [0.2, 0.25) is 5.02 Å². The minimum Gasteiger partial charge on any atom is -0.338 e. The molecular formula is C20H23ClN2O2. The smallest absolute Gasteiger partial charge is 0.226 e.